The van der Waals surface area contributed by atoms with Gasteiger partial charge in [-0.15, -0.1) is 0 Å². The van der Waals surface area contributed by atoms with Gasteiger partial charge in [-0.05, 0) is 11.6 Å². The van der Waals surface area contributed by atoms with Crippen LogP contribution in [0.5, 0.6) is 0 Å². The van der Waals surface area contributed by atoms with Gasteiger partial charge in [0.15, 0.2) is 0 Å². The lowest BCUT2D eigenvalue weighted by Crippen LogP contribution is -2.37. The third-order valence-corrected chi connectivity index (χ3v) is 2.87. The van der Waals surface area contributed by atoms with Gasteiger partial charge in [0.05, 0.1) is 5.92 Å². The molecule has 2 amide bonds. The molecular formula is C13H20N4O2. The lowest BCUT2D eigenvalue weighted by atomic mass is 10.1. The van der Waals surface area contributed by atoms with Crippen molar-refractivity contribution in [3.63, 3.8) is 0 Å². The molecule has 6 heteroatoms. The summed E-state index contributed by atoms with van der Waals surface area (Å²) in [6, 6.07) is 3.42. The normalized spacial score (nSPS) is 11.8. The number of carbonyl (C=O) groups excluding carboxylic acids is 2. The molecule has 104 valence electrons. The van der Waals surface area contributed by atoms with Crippen molar-refractivity contribution >= 4 is 11.8 Å². The molecule has 0 spiro atoms. The lowest BCUT2D eigenvalue weighted by molar-refractivity contribution is -0.124. The first-order chi connectivity index (χ1) is 8.99. The molecule has 0 fully saturated rings. The standard InChI is InChI=1S/C13H20N4O2/c1-9(12(18)15-2)8-17(3)13(19)11-5-4-10(6-14)7-16-11/h4-5,7,9H,6,8,14H2,1-3H3,(H,15,18). The Morgan fingerprint density at radius 3 is 2.63 bits per heavy atom. The van der Waals surface area contributed by atoms with E-state index in [0.717, 1.165) is 5.56 Å². The third-order valence-electron chi connectivity index (χ3n) is 2.87. The molecule has 0 saturated carbocycles. The first kappa shape index (κ1) is 15.1. The molecular weight excluding hydrogens is 244 g/mol. The number of nitrogens with one attached hydrogen (secondary N) is 1. The minimum absolute atomic E-state index is 0.0916. The minimum Gasteiger partial charge on any atom is -0.359 e. The van der Waals surface area contributed by atoms with E-state index in [2.05, 4.69) is 10.3 Å². The highest BCUT2D eigenvalue weighted by Crippen LogP contribution is 2.05. The predicted molar refractivity (Wildman–Crippen MR) is 72.3 cm³/mol. The van der Waals surface area contributed by atoms with Gasteiger partial charge in [-0.25, -0.2) is 0 Å². The monoisotopic (exact) mass is 264 g/mol. The molecule has 0 aromatic carbocycles. The van der Waals surface area contributed by atoms with Crippen molar-refractivity contribution in [3.8, 4) is 0 Å². The van der Waals surface area contributed by atoms with E-state index in [1.165, 1.54) is 4.90 Å². The van der Waals surface area contributed by atoms with E-state index in [9.17, 15) is 9.59 Å². The van der Waals surface area contributed by atoms with Crippen LogP contribution in [-0.4, -0.2) is 42.3 Å². The topological polar surface area (TPSA) is 88.3 Å². The largest absolute Gasteiger partial charge is 0.359 e. The third kappa shape index (κ3) is 4.03. The molecule has 19 heavy (non-hydrogen) atoms. The Hall–Kier alpha value is -1.95. The zero-order valence-corrected chi connectivity index (χ0v) is 11.5. The van der Waals surface area contributed by atoms with Gasteiger partial charge < -0.3 is 16.0 Å². The van der Waals surface area contributed by atoms with Gasteiger partial charge in [0.25, 0.3) is 5.91 Å². The highest BCUT2D eigenvalue weighted by atomic mass is 16.2. The average Bonchev–Trinajstić information content (AvgIpc) is 2.45. The van der Waals surface area contributed by atoms with Gasteiger partial charge in [-0.1, -0.05) is 13.0 Å². The highest BCUT2D eigenvalue weighted by molar-refractivity contribution is 5.92. The molecule has 0 aliphatic rings. The Morgan fingerprint density at radius 2 is 2.16 bits per heavy atom. The van der Waals surface area contributed by atoms with E-state index in [1.54, 1.807) is 39.3 Å². The van der Waals surface area contributed by atoms with E-state index < -0.39 is 0 Å². The molecule has 0 aliphatic carbocycles. The summed E-state index contributed by atoms with van der Waals surface area (Å²) in [5, 5.41) is 2.56. The van der Waals surface area contributed by atoms with E-state index in [-0.39, 0.29) is 17.7 Å². The first-order valence-corrected chi connectivity index (χ1v) is 6.11. The second-order valence-corrected chi connectivity index (χ2v) is 4.46. The van der Waals surface area contributed by atoms with Crippen LogP contribution in [0, 0.1) is 5.92 Å². The van der Waals surface area contributed by atoms with Crippen LogP contribution < -0.4 is 11.1 Å². The summed E-state index contributed by atoms with van der Waals surface area (Å²) < 4.78 is 0. The maximum atomic E-state index is 12.1. The summed E-state index contributed by atoms with van der Waals surface area (Å²) >= 11 is 0. The van der Waals surface area contributed by atoms with Gasteiger partial charge in [0.2, 0.25) is 5.91 Å². The zero-order chi connectivity index (χ0) is 14.4. The predicted octanol–water partition coefficient (Wildman–Crippen LogP) is -0.00560. The molecule has 1 rings (SSSR count). The van der Waals surface area contributed by atoms with Crippen LogP contribution in [0.3, 0.4) is 0 Å². The molecule has 1 atom stereocenters. The molecule has 1 aromatic rings. The highest BCUT2D eigenvalue weighted by Gasteiger charge is 2.19. The van der Waals surface area contributed by atoms with E-state index >= 15 is 0 Å². The van der Waals surface area contributed by atoms with Gasteiger partial charge in [-0.3, -0.25) is 14.6 Å². The fourth-order valence-corrected chi connectivity index (χ4v) is 1.69. The maximum Gasteiger partial charge on any atom is 0.272 e. The zero-order valence-electron chi connectivity index (χ0n) is 11.5. The first-order valence-electron chi connectivity index (χ1n) is 6.11. The van der Waals surface area contributed by atoms with Crippen molar-refractivity contribution in [2.75, 3.05) is 20.6 Å². The molecule has 1 aromatic heterocycles. The van der Waals surface area contributed by atoms with Crippen molar-refractivity contribution in [1.29, 1.82) is 0 Å². The van der Waals surface area contributed by atoms with Crippen molar-refractivity contribution in [1.82, 2.24) is 15.2 Å². The molecule has 1 unspecified atom stereocenters. The Morgan fingerprint density at radius 1 is 1.47 bits per heavy atom. The molecule has 6 nitrogen and oxygen atoms in total. The summed E-state index contributed by atoms with van der Waals surface area (Å²) in [4.78, 5) is 29.1. The van der Waals surface area contributed by atoms with Crippen molar-refractivity contribution < 1.29 is 9.59 Å². The second kappa shape index (κ2) is 6.84. The van der Waals surface area contributed by atoms with Crippen molar-refractivity contribution in [3.05, 3.63) is 29.6 Å². The number of pyridine rings is 1. The van der Waals surface area contributed by atoms with Crippen LogP contribution in [0.1, 0.15) is 23.0 Å². The van der Waals surface area contributed by atoms with Crippen molar-refractivity contribution in [2.45, 2.75) is 13.5 Å². The second-order valence-electron chi connectivity index (χ2n) is 4.46. The number of hydrogen-bond donors (Lipinski definition) is 2. The molecule has 0 bridgehead atoms. The van der Waals surface area contributed by atoms with Crippen LogP contribution in [0.25, 0.3) is 0 Å². The van der Waals surface area contributed by atoms with Gasteiger partial charge in [0.1, 0.15) is 5.69 Å². The summed E-state index contributed by atoms with van der Waals surface area (Å²) in [7, 11) is 3.23. The van der Waals surface area contributed by atoms with Crippen LogP contribution in [0.4, 0.5) is 0 Å². The van der Waals surface area contributed by atoms with E-state index in [4.69, 9.17) is 5.73 Å². The average molecular weight is 264 g/mol. The number of carbonyl (C=O) groups is 2. The number of nitrogens with zero attached hydrogens (tertiary/aromatic N) is 2. The Labute approximate surface area is 113 Å². The summed E-state index contributed by atoms with van der Waals surface area (Å²) in [6.45, 7) is 2.51. The number of rotatable bonds is 5. The van der Waals surface area contributed by atoms with Gasteiger partial charge >= 0.3 is 0 Å². The fraction of sp³-hybridized carbons (Fsp3) is 0.462. The Bertz CT molecular complexity index is 444. The molecule has 0 aliphatic heterocycles. The van der Waals surface area contributed by atoms with Crippen molar-refractivity contribution in [2.24, 2.45) is 11.7 Å². The van der Waals surface area contributed by atoms with E-state index in [1.807, 2.05) is 0 Å². The smallest absolute Gasteiger partial charge is 0.272 e. The van der Waals surface area contributed by atoms with Crippen LogP contribution in [0.2, 0.25) is 0 Å². The number of hydrogen-bond acceptors (Lipinski definition) is 4. The van der Waals surface area contributed by atoms with Crippen LogP contribution in [-0.2, 0) is 11.3 Å². The SMILES string of the molecule is CNC(=O)C(C)CN(C)C(=O)c1ccc(CN)cn1. The number of amides is 2. The Balaban J connectivity index is 2.68. The maximum absolute atomic E-state index is 12.1. The number of aromatic nitrogens is 1. The summed E-state index contributed by atoms with van der Waals surface area (Å²) in [5.74, 6) is -0.562. The van der Waals surface area contributed by atoms with E-state index in [0.29, 0.717) is 18.8 Å². The summed E-state index contributed by atoms with van der Waals surface area (Å²) in [5.41, 5.74) is 6.69. The van der Waals surface area contributed by atoms with Crippen LogP contribution >= 0.6 is 0 Å². The molecule has 1 heterocycles. The Kier molecular flexibility index (Phi) is 5.44. The van der Waals surface area contributed by atoms with Crippen LogP contribution in [0.15, 0.2) is 18.3 Å². The summed E-state index contributed by atoms with van der Waals surface area (Å²) in [6.07, 6.45) is 1.59. The lowest BCUT2D eigenvalue weighted by Gasteiger charge is -2.20. The quantitative estimate of drug-likeness (QED) is 0.783. The van der Waals surface area contributed by atoms with Gasteiger partial charge in [0, 0.05) is 33.4 Å². The molecule has 0 radical (unpaired) electrons. The van der Waals surface area contributed by atoms with Gasteiger partial charge in [-0.2, -0.15) is 0 Å². The minimum atomic E-state index is -0.262. The molecule has 0 saturated heterocycles. The number of nitrogens with two attached hydrogens (primary N) is 1. The fourth-order valence-electron chi connectivity index (χ4n) is 1.69. The molecule has 3 N–H and O–H groups in total.